The minimum Gasteiger partial charge on any atom is -0.351 e. The number of rotatable bonds is 6. The number of carbonyl (C=O) groups is 1. The molecule has 0 aliphatic heterocycles. The van der Waals surface area contributed by atoms with Gasteiger partial charge in [-0.2, -0.15) is 0 Å². The van der Waals surface area contributed by atoms with E-state index in [1.165, 1.54) is 23.7 Å². The van der Waals surface area contributed by atoms with E-state index in [-0.39, 0.29) is 5.91 Å². The molecule has 1 aromatic heterocycles. The van der Waals surface area contributed by atoms with Crippen LogP contribution < -0.4 is 5.32 Å². The van der Waals surface area contributed by atoms with Gasteiger partial charge in [0.25, 0.3) is 0 Å². The Kier molecular flexibility index (Phi) is 6.02. The molecule has 1 amide bonds. The number of aryl methyl sites for hydroxylation is 1. The summed E-state index contributed by atoms with van der Waals surface area (Å²) < 4.78 is 0. The molecule has 0 atom stereocenters. The first kappa shape index (κ1) is 18.7. The van der Waals surface area contributed by atoms with Gasteiger partial charge in [-0.05, 0) is 31.2 Å². The van der Waals surface area contributed by atoms with Crippen LogP contribution in [0, 0.1) is 0 Å². The number of thioether (sulfide) groups is 1. The van der Waals surface area contributed by atoms with Crippen LogP contribution in [-0.4, -0.2) is 21.6 Å². The van der Waals surface area contributed by atoms with Crippen molar-refractivity contribution in [3.05, 3.63) is 77.5 Å². The summed E-state index contributed by atoms with van der Waals surface area (Å²) in [5, 5.41) is 3.95. The third-order valence-electron chi connectivity index (χ3n) is 4.85. The van der Waals surface area contributed by atoms with Crippen molar-refractivity contribution in [3.63, 3.8) is 0 Å². The summed E-state index contributed by atoms with van der Waals surface area (Å²) in [5.74, 6) is 1.15. The van der Waals surface area contributed by atoms with E-state index in [0.717, 1.165) is 46.9 Å². The van der Waals surface area contributed by atoms with E-state index in [4.69, 9.17) is 9.97 Å². The van der Waals surface area contributed by atoms with Crippen LogP contribution in [0.4, 0.5) is 0 Å². The Hall–Kier alpha value is -2.66. The van der Waals surface area contributed by atoms with Crippen LogP contribution in [0.1, 0.15) is 29.7 Å². The fraction of sp³-hybridized carbons (Fsp3) is 0.261. The molecule has 28 heavy (non-hydrogen) atoms. The molecular formula is C23H23N3OS. The minimum absolute atomic E-state index is 0.0262. The molecule has 0 radical (unpaired) electrons. The average Bonchev–Trinajstić information content (AvgIpc) is 2.77. The van der Waals surface area contributed by atoms with Crippen LogP contribution in [0.5, 0.6) is 0 Å². The maximum absolute atomic E-state index is 12.3. The zero-order chi connectivity index (χ0) is 19.2. The van der Waals surface area contributed by atoms with Gasteiger partial charge in [0.1, 0.15) is 5.03 Å². The van der Waals surface area contributed by atoms with E-state index in [1.54, 1.807) is 0 Å². The number of aromatic nitrogens is 2. The van der Waals surface area contributed by atoms with Crippen LogP contribution >= 0.6 is 11.8 Å². The van der Waals surface area contributed by atoms with E-state index in [2.05, 4.69) is 5.32 Å². The highest BCUT2D eigenvalue weighted by Gasteiger charge is 2.19. The molecule has 0 saturated heterocycles. The SMILES string of the molecule is O=C(CSc1nc(-c2ccccc2)nc2c1CCCC2)NCc1ccccc1. The van der Waals surface area contributed by atoms with Crippen molar-refractivity contribution in [2.75, 3.05) is 5.75 Å². The Bertz CT molecular complexity index is 945. The first-order chi connectivity index (χ1) is 13.8. The molecule has 4 nitrogen and oxygen atoms in total. The summed E-state index contributed by atoms with van der Waals surface area (Å²) in [7, 11) is 0. The number of benzene rings is 2. The molecule has 2 aromatic carbocycles. The fourth-order valence-electron chi connectivity index (χ4n) is 3.38. The molecule has 0 bridgehead atoms. The molecule has 4 rings (SSSR count). The van der Waals surface area contributed by atoms with Crippen LogP contribution in [-0.2, 0) is 24.2 Å². The van der Waals surface area contributed by atoms with Crippen LogP contribution in [0.15, 0.2) is 65.7 Å². The number of fused-ring (bicyclic) bond motifs is 1. The topological polar surface area (TPSA) is 54.9 Å². The normalized spacial score (nSPS) is 13.0. The van der Waals surface area contributed by atoms with Gasteiger partial charge in [-0.25, -0.2) is 9.97 Å². The first-order valence-corrected chi connectivity index (χ1v) is 10.7. The molecule has 0 unspecified atom stereocenters. The highest BCUT2D eigenvalue weighted by Crippen LogP contribution is 2.31. The Labute approximate surface area is 169 Å². The van der Waals surface area contributed by atoms with Crippen LogP contribution in [0.2, 0.25) is 0 Å². The zero-order valence-electron chi connectivity index (χ0n) is 15.7. The van der Waals surface area contributed by atoms with E-state index in [1.807, 2.05) is 60.7 Å². The van der Waals surface area contributed by atoms with Crippen molar-refractivity contribution in [1.29, 1.82) is 0 Å². The Balaban J connectivity index is 1.48. The molecule has 1 aliphatic carbocycles. The van der Waals surface area contributed by atoms with Crippen LogP contribution in [0.25, 0.3) is 11.4 Å². The Morgan fingerprint density at radius 2 is 1.64 bits per heavy atom. The zero-order valence-corrected chi connectivity index (χ0v) is 16.5. The van der Waals surface area contributed by atoms with Crippen molar-refractivity contribution < 1.29 is 4.79 Å². The maximum atomic E-state index is 12.3. The van der Waals surface area contributed by atoms with E-state index in [0.29, 0.717) is 12.3 Å². The summed E-state index contributed by atoms with van der Waals surface area (Å²) >= 11 is 1.52. The average molecular weight is 390 g/mol. The van der Waals surface area contributed by atoms with Gasteiger partial charge in [0.15, 0.2) is 5.82 Å². The second-order valence-corrected chi connectivity index (χ2v) is 7.87. The van der Waals surface area contributed by atoms with Crippen LogP contribution in [0.3, 0.4) is 0 Å². The summed E-state index contributed by atoms with van der Waals surface area (Å²) in [4.78, 5) is 22.0. The molecule has 1 aliphatic rings. The quantitative estimate of drug-likeness (QED) is 0.500. The van der Waals surface area contributed by atoms with Gasteiger partial charge in [0, 0.05) is 23.4 Å². The standard InChI is InChI=1S/C23H23N3OS/c27-21(24-15-17-9-3-1-4-10-17)16-28-23-19-13-7-8-14-20(19)25-22(26-23)18-11-5-2-6-12-18/h1-6,9-12H,7-8,13-16H2,(H,24,27). The highest BCUT2D eigenvalue weighted by molar-refractivity contribution is 7.99. The van der Waals surface area contributed by atoms with Crippen molar-refractivity contribution in [1.82, 2.24) is 15.3 Å². The number of nitrogens with zero attached hydrogens (tertiary/aromatic N) is 2. The maximum Gasteiger partial charge on any atom is 0.230 e. The summed E-state index contributed by atoms with van der Waals surface area (Å²) in [6, 6.07) is 20.0. The van der Waals surface area contributed by atoms with Crippen molar-refractivity contribution in [2.24, 2.45) is 0 Å². The van der Waals surface area contributed by atoms with Gasteiger partial charge in [-0.1, -0.05) is 72.4 Å². The number of hydrogen-bond donors (Lipinski definition) is 1. The number of carbonyl (C=O) groups excluding carboxylic acids is 1. The fourth-order valence-corrected chi connectivity index (χ4v) is 4.29. The van der Waals surface area contributed by atoms with E-state index < -0.39 is 0 Å². The van der Waals surface area contributed by atoms with E-state index in [9.17, 15) is 4.79 Å². The van der Waals surface area contributed by atoms with E-state index >= 15 is 0 Å². The van der Waals surface area contributed by atoms with Gasteiger partial charge in [-0.3, -0.25) is 4.79 Å². The lowest BCUT2D eigenvalue weighted by atomic mass is 9.97. The van der Waals surface area contributed by atoms with Gasteiger partial charge in [0.05, 0.1) is 5.75 Å². The van der Waals surface area contributed by atoms with Gasteiger partial charge in [0.2, 0.25) is 5.91 Å². The monoisotopic (exact) mass is 389 g/mol. The first-order valence-electron chi connectivity index (χ1n) is 9.68. The smallest absolute Gasteiger partial charge is 0.230 e. The number of amides is 1. The molecule has 142 valence electrons. The predicted molar refractivity (Wildman–Crippen MR) is 113 cm³/mol. The second kappa shape index (κ2) is 9.02. The summed E-state index contributed by atoms with van der Waals surface area (Å²) in [5.41, 5.74) is 4.50. The van der Waals surface area contributed by atoms with Crippen molar-refractivity contribution in [2.45, 2.75) is 37.3 Å². The van der Waals surface area contributed by atoms with Gasteiger partial charge >= 0.3 is 0 Å². The molecular weight excluding hydrogens is 366 g/mol. The molecule has 0 spiro atoms. The van der Waals surface area contributed by atoms with Crippen molar-refractivity contribution >= 4 is 17.7 Å². The molecule has 1 heterocycles. The summed E-state index contributed by atoms with van der Waals surface area (Å²) in [6.45, 7) is 0.553. The highest BCUT2D eigenvalue weighted by atomic mass is 32.2. The van der Waals surface area contributed by atoms with Gasteiger partial charge < -0.3 is 5.32 Å². The minimum atomic E-state index is 0.0262. The largest absolute Gasteiger partial charge is 0.351 e. The van der Waals surface area contributed by atoms with Crippen molar-refractivity contribution in [3.8, 4) is 11.4 Å². The number of hydrogen-bond acceptors (Lipinski definition) is 4. The third-order valence-corrected chi connectivity index (χ3v) is 5.87. The van der Waals surface area contributed by atoms with Gasteiger partial charge in [-0.15, -0.1) is 0 Å². The Morgan fingerprint density at radius 3 is 2.43 bits per heavy atom. The predicted octanol–water partition coefficient (Wildman–Crippen LogP) is 4.43. The molecule has 0 saturated carbocycles. The number of nitrogens with one attached hydrogen (secondary N) is 1. The molecule has 5 heteroatoms. The lowest BCUT2D eigenvalue weighted by Gasteiger charge is -2.19. The molecule has 3 aromatic rings. The lowest BCUT2D eigenvalue weighted by Crippen LogP contribution is -2.24. The third kappa shape index (κ3) is 4.60. The lowest BCUT2D eigenvalue weighted by molar-refractivity contribution is -0.118. The Morgan fingerprint density at radius 1 is 0.929 bits per heavy atom. The summed E-state index contributed by atoms with van der Waals surface area (Å²) in [6.07, 6.45) is 4.32. The molecule has 1 N–H and O–H groups in total. The molecule has 0 fully saturated rings. The second-order valence-electron chi connectivity index (χ2n) is 6.90.